The summed E-state index contributed by atoms with van der Waals surface area (Å²) < 4.78 is 22.6. The number of hydrogen-bond acceptors (Lipinski definition) is 6. The van der Waals surface area contributed by atoms with E-state index in [1.165, 1.54) is 23.9 Å². The van der Waals surface area contributed by atoms with Crippen LogP contribution in [0.25, 0.3) is 0 Å². The van der Waals surface area contributed by atoms with Crippen molar-refractivity contribution in [2.75, 3.05) is 18.0 Å². The Hall–Kier alpha value is -3.21. The highest BCUT2D eigenvalue weighted by Crippen LogP contribution is 2.40. The Kier molecular flexibility index (Phi) is 7.30. The number of para-hydroxylation sites is 1. The number of carbonyl (C=O) groups excluding carboxylic acids is 2. The standard InChI is InChI=1S/C24H24N4O4S2/c25-34(31,32)18-11-9-17(10-12-18)13-15-26-22(29)8-4-16-28-20-6-1-2-7-21(20)33-23-19(24(28)30)5-3-14-27-23/h1-3,5-7,9-12,14H,4,8,13,15-16H2,(H,26,29)(H2,25,31,32). The number of sulfonamides is 1. The molecule has 0 saturated carbocycles. The van der Waals surface area contributed by atoms with Gasteiger partial charge in [0.25, 0.3) is 5.91 Å². The second-order valence-corrected chi connectivity index (χ2v) is 10.4. The number of pyridine rings is 1. The summed E-state index contributed by atoms with van der Waals surface area (Å²) in [6.45, 7) is 0.835. The number of rotatable bonds is 8. The van der Waals surface area contributed by atoms with Crippen LogP contribution in [0.3, 0.4) is 0 Å². The molecule has 4 rings (SSSR count). The zero-order valence-electron chi connectivity index (χ0n) is 18.3. The van der Waals surface area contributed by atoms with E-state index < -0.39 is 10.0 Å². The number of amides is 2. The second kappa shape index (κ2) is 10.4. The minimum absolute atomic E-state index is 0.0572. The zero-order valence-corrected chi connectivity index (χ0v) is 19.9. The van der Waals surface area contributed by atoms with Gasteiger partial charge >= 0.3 is 0 Å². The molecule has 3 aromatic rings. The number of aromatic nitrogens is 1. The number of nitrogens with one attached hydrogen (secondary N) is 1. The van der Waals surface area contributed by atoms with Gasteiger partial charge in [0.05, 0.1) is 16.1 Å². The highest BCUT2D eigenvalue weighted by atomic mass is 32.2. The summed E-state index contributed by atoms with van der Waals surface area (Å²) in [5, 5.41) is 8.65. The number of hydrogen-bond donors (Lipinski definition) is 2. The van der Waals surface area contributed by atoms with Crippen molar-refractivity contribution in [2.24, 2.45) is 5.14 Å². The molecule has 0 bridgehead atoms. The van der Waals surface area contributed by atoms with E-state index in [9.17, 15) is 18.0 Å². The minimum Gasteiger partial charge on any atom is -0.356 e. The van der Waals surface area contributed by atoms with Crippen LogP contribution in [0.4, 0.5) is 5.69 Å². The predicted molar refractivity (Wildman–Crippen MR) is 130 cm³/mol. The van der Waals surface area contributed by atoms with E-state index in [1.807, 2.05) is 24.3 Å². The molecule has 0 aliphatic carbocycles. The van der Waals surface area contributed by atoms with Crippen LogP contribution in [-0.2, 0) is 21.2 Å². The summed E-state index contributed by atoms with van der Waals surface area (Å²) in [7, 11) is -3.72. The van der Waals surface area contributed by atoms with E-state index in [0.717, 1.165) is 16.1 Å². The van der Waals surface area contributed by atoms with Crippen molar-refractivity contribution >= 4 is 39.3 Å². The number of anilines is 1. The Morgan fingerprint density at radius 1 is 1.06 bits per heavy atom. The average molecular weight is 497 g/mol. The minimum atomic E-state index is -3.72. The maximum atomic E-state index is 13.2. The van der Waals surface area contributed by atoms with Crippen LogP contribution in [0.15, 0.2) is 81.7 Å². The lowest BCUT2D eigenvalue weighted by atomic mass is 10.1. The second-order valence-electron chi connectivity index (χ2n) is 7.78. The molecule has 0 fully saturated rings. The lowest BCUT2D eigenvalue weighted by molar-refractivity contribution is -0.121. The molecule has 8 nitrogen and oxygen atoms in total. The fourth-order valence-corrected chi connectivity index (χ4v) is 5.19. The summed E-state index contributed by atoms with van der Waals surface area (Å²) in [5.41, 5.74) is 2.27. The van der Waals surface area contributed by atoms with Crippen LogP contribution >= 0.6 is 11.8 Å². The molecule has 3 N–H and O–H groups in total. The number of benzene rings is 2. The Labute approximate surface area is 202 Å². The number of primary sulfonamides is 1. The fourth-order valence-electron chi connectivity index (χ4n) is 3.66. The third-order valence-corrected chi connectivity index (χ3v) is 7.40. The van der Waals surface area contributed by atoms with Crippen LogP contribution in [-0.4, -0.2) is 38.3 Å². The quantitative estimate of drug-likeness (QED) is 0.494. The molecule has 0 saturated heterocycles. The smallest absolute Gasteiger partial charge is 0.261 e. The van der Waals surface area contributed by atoms with Crippen LogP contribution < -0.4 is 15.4 Å². The lowest BCUT2D eigenvalue weighted by Crippen LogP contribution is -2.33. The first-order chi connectivity index (χ1) is 16.3. The van der Waals surface area contributed by atoms with Gasteiger partial charge in [-0.2, -0.15) is 0 Å². The van der Waals surface area contributed by atoms with Crippen LogP contribution in [0, 0.1) is 0 Å². The van der Waals surface area contributed by atoms with Crippen LogP contribution in [0.1, 0.15) is 28.8 Å². The maximum Gasteiger partial charge on any atom is 0.261 e. The van der Waals surface area contributed by atoms with Crippen molar-refractivity contribution < 1.29 is 18.0 Å². The number of nitrogens with two attached hydrogens (primary N) is 1. The summed E-state index contributed by atoms with van der Waals surface area (Å²) >= 11 is 1.47. The summed E-state index contributed by atoms with van der Waals surface area (Å²) in [6.07, 6.45) is 3.03. The third-order valence-electron chi connectivity index (χ3n) is 5.38. The van der Waals surface area contributed by atoms with E-state index >= 15 is 0 Å². The van der Waals surface area contributed by atoms with Crippen molar-refractivity contribution in [2.45, 2.75) is 34.1 Å². The molecule has 2 heterocycles. The monoisotopic (exact) mass is 496 g/mol. The van der Waals surface area contributed by atoms with Crippen molar-refractivity contribution in [1.82, 2.24) is 10.3 Å². The van der Waals surface area contributed by atoms with Gasteiger partial charge in [0.2, 0.25) is 15.9 Å². The van der Waals surface area contributed by atoms with Gasteiger partial charge in [-0.25, -0.2) is 18.5 Å². The normalized spacial score (nSPS) is 13.1. The van der Waals surface area contributed by atoms with Gasteiger partial charge in [0, 0.05) is 30.6 Å². The molecule has 0 unspecified atom stereocenters. The first-order valence-electron chi connectivity index (χ1n) is 10.7. The molecule has 2 amide bonds. The van der Waals surface area contributed by atoms with E-state index in [0.29, 0.717) is 36.5 Å². The molecule has 1 aliphatic rings. The summed E-state index contributed by atoms with van der Waals surface area (Å²) in [5.74, 6) is -0.225. The molecule has 2 aromatic carbocycles. The highest BCUT2D eigenvalue weighted by molar-refractivity contribution is 7.99. The van der Waals surface area contributed by atoms with Crippen molar-refractivity contribution in [3.8, 4) is 0 Å². The van der Waals surface area contributed by atoms with Gasteiger partial charge in [0.15, 0.2) is 0 Å². The Balaban J connectivity index is 1.31. The molecule has 0 spiro atoms. The number of fused-ring (bicyclic) bond motifs is 2. The zero-order chi connectivity index (χ0) is 24.1. The molecule has 0 atom stereocenters. The third kappa shape index (κ3) is 5.64. The molecule has 1 aromatic heterocycles. The largest absolute Gasteiger partial charge is 0.356 e. The molecular formula is C24H24N4O4S2. The molecule has 0 radical (unpaired) electrons. The summed E-state index contributed by atoms with van der Waals surface area (Å²) in [6, 6.07) is 17.5. The van der Waals surface area contributed by atoms with Gasteiger partial charge < -0.3 is 10.2 Å². The van der Waals surface area contributed by atoms with Gasteiger partial charge in [-0.3, -0.25) is 9.59 Å². The Morgan fingerprint density at radius 2 is 1.82 bits per heavy atom. The first-order valence-corrected chi connectivity index (χ1v) is 13.1. The topological polar surface area (TPSA) is 122 Å². The first kappa shape index (κ1) is 23.9. The number of nitrogens with zero attached hydrogens (tertiary/aromatic N) is 2. The van der Waals surface area contributed by atoms with Crippen molar-refractivity contribution in [1.29, 1.82) is 0 Å². The van der Waals surface area contributed by atoms with E-state index in [-0.39, 0.29) is 23.1 Å². The van der Waals surface area contributed by atoms with E-state index in [4.69, 9.17) is 5.14 Å². The van der Waals surface area contributed by atoms with Gasteiger partial charge in [-0.1, -0.05) is 36.0 Å². The van der Waals surface area contributed by atoms with Gasteiger partial charge in [-0.15, -0.1) is 0 Å². The molecule has 1 aliphatic heterocycles. The fraction of sp³-hybridized carbons (Fsp3) is 0.208. The maximum absolute atomic E-state index is 13.2. The lowest BCUT2D eigenvalue weighted by Gasteiger charge is -2.22. The molecular weight excluding hydrogens is 472 g/mol. The predicted octanol–water partition coefficient (Wildman–Crippen LogP) is 2.98. The van der Waals surface area contributed by atoms with Crippen molar-refractivity contribution in [3.63, 3.8) is 0 Å². The van der Waals surface area contributed by atoms with Crippen molar-refractivity contribution in [3.05, 3.63) is 78.0 Å². The number of carbonyl (C=O) groups is 2. The van der Waals surface area contributed by atoms with Crippen LogP contribution in [0.5, 0.6) is 0 Å². The Bertz CT molecular complexity index is 1310. The SMILES string of the molecule is NS(=O)(=O)c1ccc(CCNC(=O)CCCN2C(=O)c3cccnc3Sc3ccccc32)cc1. The van der Waals surface area contributed by atoms with Gasteiger partial charge in [-0.05, 0) is 54.8 Å². The van der Waals surface area contributed by atoms with E-state index in [2.05, 4.69) is 10.3 Å². The highest BCUT2D eigenvalue weighted by Gasteiger charge is 2.27. The summed E-state index contributed by atoms with van der Waals surface area (Å²) in [4.78, 5) is 32.6. The van der Waals surface area contributed by atoms with E-state index in [1.54, 1.807) is 35.4 Å². The molecule has 10 heteroatoms. The van der Waals surface area contributed by atoms with Crippen LogP contribution in [0.2, 0.25) is 0 Å². The molecule has 34 heavy (non-hydrogen) atoms. The Morgan fingerprint density at radius 3 is 2.59 bits per heavy atom. The molecule has 176 valence electrons. The van der Waals surface area contributed by atoms with Gasteiger partial charge in [0.1, 0.15) is 5.03 Å². The average Bonchev–Trinajstić information content (AvgIpc) is 2.93.